The molecule has 3 aromatic rings. The smallest absolute Gasteiger partial charge is 0.366 e. The summed E-state index contributed by atoms with van der Waals surface area (Å²) in [5.41, 5.74) is 1.79. The van der Waals surface area contributed by atoms with Gasteiger partial charge in [-0.05, 0) is 55.3 Å². The molecule has 0 saturated carbocycles. The molecule has 8 nitrogen and oxygen atoms in total. The van der Waals surface area contributed by atoms with Crippen molar-refractivity contribution >= 4 is 41.2 Å². The average Bonchev–Trinajstić information content (AvgIpc) is 3.37. The molecule has 0 aliphatic carbocycles. The lowest BCUT2D eigenvalue weighted by Crippen LogP contribution is -2.32. The van der Waals surface area contributed by atoms with E-state index >= 15 is 0 Å². The molecule has 2 N–H and O–H groups in total. The maximum Gasteiger partial charge on any atom is 0.366 e. The van der Waals surface area contributed by atoms with Gasteiger partial charge in [0.1, 0.15) is 5.82 Å². The number of rotatable bonds is 5. The first kappa shape index (κ1) is 20.9. The highest BCUT2D eigenvalue weighted by Crippen LogP contribution is 2.39. The van der Waals surface area contributed by atoms with Crippen molar-refractivity contribution in [3.05, 3.63) is 65.3 Å². The number of nitrogens with zero attached hydrogens (tertiary/aromatic N) is 3. The van der Waals surface area contributed by atoms with Crippen molar-refractivity contribution in [3.8, 4) is 5.75 Å². The zero-order valence-corrected chi connectivity index (χ0v) is 17.6. The summed E-state index contributed by atoms with van der Waals surface area (Å²) in [6.45, 7) is 1.25. The Labute approximate surface area is 189 Å². The number of piperidine rings is 1. The minimum Gasteiger partial charge on any atom is -0.504 e. The van der Waals surface area contributed by atoms with Gasteiger partial charge in [-0.15, -0.1) is 5.06 Å². The van der Waals surface area contributed by atoms with Gasteiger partial charge in [-0.3, -0.25) is 0 Å². The number of hydrogen-bond acceptors (Lipinski definition) is 8. The van der Waals surface area contributed by atoms with Crippen molar-refractivity contribution in [2.75, 3.05) is 18.4 Å². The molecule has 4 heterocycles. The van der Waals surface area contributed by atoms with Crippen LogP contribution in [-0.2, 0) is 4.84 Å². The second-order valence-electron chi connectivity index (χ2n) is 7.75. The molecule has 0 unspecified atom stereocenters. The second kappa shape index (κ2) is 8.87. The first-order valence-corrected chi connectivity index (χ1v) is 10.7. The molecule has 168 valence electrons. The van der Waals surface area contributed by atoms with Gasteiger partial charge in [-0.25, -0.2) is 19.2 Å². The molecule has 0 bridgehead atoms. The highest BCUT2D eigenvalue weighted by molar-refractivity contribution is 6.21. The molecule has 9 heteroatoms. The summed E-state index contributed by atoms with van der Waals surface area (Å²) in [5, 5.41) is 15.4. The fourth-order valence-corrected chi connectivity index (χ4v) is 3.78. The Bertz CT molecular complexity index is 1240. The molecule has 0 radical (unpaired) electrons. The van der Waals surface area contributed by atoms with Gasteiger partial charge in [0, 0.05) is 42.3 Å². The summed E-state index contributed by atoms with van der Waals surface area (Å²) >= 11 is 0. The number of pyridine rings is 1. The standard InChI is InChI=1S/C24H21FN4O4/c25-16-6-8-17(9-7-16)28-23-20(24(31)33-29-11-2-1-3-12-29)21(30)19(32-23)13-15-14-27-22-18(15)5-4-10-26-22/h4-10,13-14,28,30H,1-3,11-12H2. The minimum absolute atomic E-state index is 0.00527. The van der Waals surface area contributed by atoms with Crippen molar-refractivity contribution in [2.45, 2.75) is 19.3 Å². The number of halogens is 1. The van der Waals surface area contributed by atoms with E-state index in [0.29, 0.717) is 30.2 Å². The van der Waals surface area contributed by atoms with Crippen LogP contribution in [0.3, 0.4) is 0 Å². The van der Waals surface area contributed by atoms with Crippen LogP contribution in [0.25, 0.3) is 11.6 Å². The Morgan fingerprint density at radius 3 is 2.76 bits per heavy atom. The van der Waals surface area contributed by atoms with Gasteiger partial charge in [0.2, 0.25) is 5.88 Å². The zero-order valence-electron chi connectivity index (χ0n) is 17.6. The van der Waals surface area contributed by atoms with Crippen LogP contribution >= 0.6 is 0 Å². The van der Waals surface area contributed by atoms with Crippen LogP contribution in [0.5, 0.6) is 5.75 Å². The molecule has 1 saturated heterocycles. The molecule has 33 heavy (non-hydrogen) atoms. The largest absolute Gasteiger partial charge is 0.504 e. The number of hydrogen-bond donors (Lipinski definition) is 2. The van der Waals surface area contributed by atoms with Gasteiger partial charge in [0.25, 0.3) is 0 Å². The number of furan rings is 1. The van der Waals surface area contributed by atoms with E-state index in [2.05, 4.69) is 15.3 Å². The van der Waals surface area contributed by atoms with Crippen LogP contribution in [0.2, 0.25) is 0 Å². The summed E-state index contributed by atoms with van der Waals surface area (Å²) in [6.07, 6.45) is 7.77. The Morgan fingerprint density at radius 2 is 1.97 bits per heavy atom. The number of aromatic nitrogens is 1. The van der Waals surface area contributed by atoms with Crippen molar-refractivity contribution in [3.63, 3.8) is 0 Å². The van der Waals surface area contributed by atoms with Gasteiger partial charge in [0.05, 0.1) is 0 Å². The number of carbonyl (C=O) groups is 1. The summed E-state index contributed by atoms with van der Waals surface area (Å²) < 4.78 is 19.1. The molecule has 1 aromatic carbocycles. The van der Waals surface area contributed by atoms with Crippen molar-refractivity contribution in [1.29, 1.82) is 0 Å². The monoisotopic (exact) mass is 448 g/mol. The number of carbonyl (C=O) groups excluding carboxylic acids is 1. The Kier molecular flexibility index (Phi) is 5.62. The van der Waals surface area contributed by atoms with Gasteiger partial charge in [-0.2, -0.15) is 0 Å². The third-order valence-corrected chi connectivity index (χ3v) is 5.45. The lowest BCUT2D eigenvalue weighted by atomic mass is 10.1. The number of allylic oxidation sites excluding steroid dienone is 1. The van der Waals surface area contributed by atoms with Crippen LogP contribution in [0.4, 0.5) is 21.8 Å². The van der Waals surface area contributed by atoms with E-state index in [0.717, 1.165) is 24.8 Å². The molecule has 0 amide bonds. The maximum atomic E-state index is 13.3. The quantitative estimate of drug-likeness (QED) is 0.562. The van der Waals surface area contributed by atoms with E-state index in [1.807, 2.05) is 6.07 Å². The molecular formula is C24H21FN4O4. The van der Waals surface area contributed by atoms with Crippen LogP contribution in [-0.4, -0.2) is 40.4 Å². The predicted molar refractivity (Wildman–Crippen MR) is 121 cm³/mol. The normalized spacial score (nSPS) is 16.7. The topological polar surface area (TPSA) is 100 Å². The number of anilines is 2. The number of fused-ring (bicyclic) bond motifs is 1. The fourth-order valence-electron chi connectivity index (χ4n) is 3.78. The summed E-state index contributed by atoms with van der Waals surface area (Å²) in [7, 11) is 0. The van der Waals surface area contributed by atoms with E-state index in [1.165, 1.54) is 24.3 Å². The highest BCUT2D eigenvalue weighted by atomic mass is 19.1. The third-order valence-electron chi connectivity index (χ3n) is 5.45. The summed E-state index contributed by atoms with van der Waals surface area (Å²) in [5.74, 6) is -0.887. The van der Waals surface area contributed by atoms with Crippen LogP contribution in [0, 0.1) is 5.82 Å². The van der Waals surface area contributed by atoms with Gasteiger partial charge < -0.3 is 19.7 Å². The SMILES string of the molecule is O=C(ON1CCCCC1)c1c(Nc2ccc(F)cc2)oc(C=C2C=Nc3ncccc32)c1O. The highest BCUT2D eigenvalue weighted by Gasteiger charge is 2.29. The fraction of sp³-hybridized carbons (Fsp3) is 0.208. The lowest BCUT2D eigenvalue weighted by molar-refractivity contribution is -0.119. The van der Waals surface area contributed by atoms with Gasteiger partial charge in [0.15, 0.2) is 22.9 Å². The number of hydroxylamine groups is 2. The van der Waals surface area contributed by atoms with Crippen molar-refractivity contribution < 1.29 is 23.5 Å². The van der Waals surface area contributed by atoms with Crippen LogP contribution < -0.4 is 5.32 Å². The molecule has 2 aliphatic rings. The lowest BCUT2D eigenvalue weighted by Gasteiger charge is -2.24. The van der Waals surface area contributed by atoms with E-state index in [9.17, 15) is 14.3 Å². The average molecular weight is 448 g/mol. The Morgan fingerprint density at radius 1 is 1.18 bits per heavy atom. The van der Waals surface area contributed by atoms with E-state index < -0.39 is 11.8 Å². The second-order valence-corrected chi connectivity index (χ2v) is 7.75. The molecule has 0 spiro atoms. The van der Waals surface area contributed by atoms with E-state index in [-0.39, 0.29) is 23.0 Å². The number of aromatic hydroxyl groups is 1. The van der Waals surface area contributed by atoms with Crippen LogP contribution in [0.1, 0.15) is 40.9 Å². The van der Waals surface area contributed by atoms with Crippen molar-refractivity contribution in [2.24, 2.45) is 4.99 Å². The summed E-state index contributed by atoms with van der Waals surface area (Å²) in [6, 6.07) is 9.19. The van der Waals surface area contributed by atoms with E-state index in [1.54, 1.807) is 29.6 Å². The summed E-state index contributed by atoms with van der Waals surface area (Å²) in [4.78, 5) is 27.0. The van der Waals surface area contributed by atoms with E-state index in [4.69, 9.17) is 9.25 Å². The number of aliphatic imine (C=N–C) groups is 1. The molecule has 0 atom stereocenters. The molecular weight excluding hydrogens is 427 g/mol. The van der Waals surface area contributed by atoms with Gasteiger partial charge in [-0.1, -0.05) is 6.42 Å². The predicted octanol–water partition coefficient (Wildman–Crippen LogP) is 5.08. The third kappa shape index (κ3) is 4.35. The molecule has 2 aromatic heterocycles. The molecule has 2 aliphatic heterocycles. The molecule has 1 fully saturated rings. The zero-order chi connectivity index (χ0) is 22.8. The Balaban J connectivity index is 1.51. The maximum absolute atomic E-state index is 13.3. The first-order valence-electron chi connectivity index (χ1n) is 10.7. The number of benzene rings is 1. The van der Waals surface area contributed by atoms with Crippen molar-refractivity contribution in [1.82, 2.24) is 10.0 Å². The molecule has 5 rings (SSSR count). The van der Waals surface area contributed by atoms with Gasteiger partial charge >= 0.3 is 5.97 Å². The Hall–Kier alpha value is -3.98. The van der Waals surface area contributed by atoms with Crippen LogP contribution in [0.15, 0.2) is 52.0 Å². The number of nitrogens with one attached hydrogen (secondary N) is 1. The minimum atomic E-state index is -0.741. The first-order chi connectivity index (χ1) is 16.1.